The zero-order valence-corrected chi connectivity index (χ0v) is 17.0. The van der Waals surface area contributed by atoms with Crippen LogP contribution in [0.3, 0.4) is 0 Å². The van der Waals surface area contributed by atoms with Crippen LogP contribution in [0.4, 0.5) is 0 Å². The van der Waals surface area contributed by atoms with E-state index in [1.54, 1.807) is 24.6 Å². The van der Waals surface area contributed by atoms with E-state index in [1.807, 2.05) is 24.3 Å². The molecule has 0 spiro atoms. The van der Waals surface area contributed by atoms with Crippen molar-refractivity contribution in [3.63, 3.8) is 0 Å². The Hall–Kier alpha value is -1.88. The SMILES string of the molecule is CSC(=O)c1cccc2nnsc12.CSC(=O)c1cccc2nnsc12. The summed E-state index contributed by atoms with van der Waals surface area (Å²) in [7, 11) is 0. The maximum absolute atomic E-state index is 11.4. The van der Waals surface area contributed by atoms with Crippen molar-refractivity contribution < 1.29 is 9.59 Å². The Balaban J connectivity index is 0.000000151. The van der Waals surface area contributed by atoms with Crippen LogP contribution in [-0.2, 0) is 0 Å². The fraction of sp³-hybridized carbons (Fsp3) is 0.125. The second-order valence-corrected chi connectivity index (χ2v) is 7.90. The third-order valence-corrected chi connectivity index (χ3v) is 6.09. The quantitative estimate of drug-likeness (QED) is 0.472. The standard InChI is InChI=1S/2C8H6N2OS2/c2*1-12-8(11)5-3-2-4-6-7(5)13-10-9-6/h2*2-4H,1H3. The van der Waals surface area contributed by atoms with Crippen molar-refractivity contribution in [2.75, 3.05) is 12.5 Å². The Morgan fingerprint density at radius 3 is 1.58 bits per heavy atom. The molecular formula is C16H12N4O2S4. The minimum absolute atomic E-state index is 0.0663. The Labute approximate surface area is 165 Å². The first-order chi connectivity index (χ1) is 12.7. The van der Waals surface area contributed by atoms with Crippen LogP contribution >= 0.6 is 46.6 Å². The average molecular weight is 421 g/mol. The molecule has 0 amide bonds. The Bertz CT molecular complexity index is 990. The summed E-state index contributed by atoms with van der Waals surface area (Å²) in [6.07, 6.45) is 3.55. The molecule has 0 aliphatic carbocycles. The second kappa shape index (κ2) is 8.67. The molecule has 0 aliphatic heterocycles. The minimum Gasteiger partial charge on any atom is -0.282 e. The minimum atomic E-state index is 0.0663. The fourth-order valence-corrected chi connectivity index (χ4v) is 4.40. The van der Waals surface area contributed by atoms with E-state index in [-0.39, 0.29) is 10.2 Å². The van der Waals surface area contributed by atoms with Crippen molar-refractivity contribution in [1.82, 2.24) is 19.2 Å². The van der Waals surface area contributed by atoms with Gasteiger partial charge in [-0.3, -0.25) is 9.59 Å². The molecule has 10 heteroatoms. The van der Waals surface area contributed by atoms with E-state index >= 15 is 0 Å². The van der Waals surface area contributed by atoms with Crippen LogP contribution in [0.25, 0.3) is 20.4 Å². The molecule has 26 heavy (non-hydrogen) atoms. The summed E-state index contributed by atoms with van der Waals surface area (Å²) < 4.78 is 9.37. The van der Waals surface area contributed by atoms with Crippen LogP contribution in [0.15, 0.2) is 36.4 Å². The number of hydrogen-bond acceptors (Lipinski definition) is 10. The lowest BCUT2D eigenvalue weighted by Gasteiger charge is -1.95. The van der Waals surface area contributed by atoms with Crippen molar-refractivity contribution in [1.29, 1.82) is 0 Å². The van der Waals surface area contributed by atoms with Crippen molar-refractivity contribution in [2.24, 2.45) is 0 Å². The number of nitrogens with zero attached hydrogens (tertiary/aromatic N) is 4. The number of fused-ring (bicyclic) bond motifs is 2. The summed E-state index contributed by atoms with van der Waals surface area (Å²) in [4.78, 5) is 22.9. The van der Waals surface area contributed by atoms with Gasteiger partial charge in [-0.1, -0.05) is 44.6 Å². The van der Waals surface area contributed by atoms with Gasteiger partial charge in [0.15, 0.2) is 0 Å². The number of thioether (sulfide) groups is 2. The number of benzene rings is 2. The van der Waals surface area contributed by atoms with E-state index in [2.05, 4.69) is 19.2 Å². The summed E-state index contributed by atoms with van der Waals surface area (Å²) in [5, 5.41) is 7.94. The molecule has 0 atom stereocenters. The molecule has 0 fully saturated rings. The van der Waals surface area contributed by atoms with Gasteiger partial charge in [0.05, 0.1) is 9.40 Å². The highest BCUT2D eigenvalue weighted by atomic mass is 32.2. The smallest absolute Gasteiger partial charge is 0.220 e. The molecule has 0 saturated heterocycles. The molecule has 0 bridgehead atoms. The van der Waals surface area contributed by atoms with Gasteiger partial charge in [0.25, 0.3) is 0 Å². The van der Waals surface area contributed by atoms with Crippen molar-refractivity contribution >= 4 is 77.3 Å². The summed E-state index contributed by atoms with van der Waals surface area (Å²) in [6, 6.07) is 11.0. The van der Waals surface area contributed by atoms with Crippen LogP contribution in [0.1, 0.15) is 20.7 Å². The maximum atomic E-state index is 11.4. The molecule has 0 N–H and O–H groups in total. The number of carbonyl (C=O) groups is 2. The number of aromatic nitrogens is 4. The van der Waals surface area contributed by atoms with Gasteiger partial charge in [-0.25, -0.2) is 0 Å². The number of rotatable bonds is 2. The van der Waals surface area contributed by atoms with Gasteiger partial charge in [0.1, 0.15) is 11.0 Å². The molecule has 0 unspecified atom stereocenters. The Kier molecular flexibility index (Phi) is 6.30. The van der Waals surface area contributed by atoms with Crippen molar-refractivity contribution in [2.45, 2.75) is 0 Å². The third kappa shape index (κ3) is 3.93. The first kappa shape index (κ1) is 18.9. The lowest BCUT2D eigenvalue weighted by molar-refractivity contribution is 0.108. The zero-order chi connectivity index (χ0) is 18.5. The van der Waals surface area contributed by atoms with Gasteiger partial charge in [0, 0.05) is 11.1 Å². The maximum Gasteiger partial charge on any atom is 0.220 e. The van der Waals surface area contributed by atoms with E-state index in [0.29, 0.717) is 11.1 Å². The van der Waals surface area contributed by atoms with Gasteiger partial charge in [0.2, 0.25) is 10.2 Å². The molecule has 4 aromatic rings. The molecular weight excluding hydrogens is 408 g/mol. The van der Waals surface area contributed by atoms with Crippen LogP contribution in [0, 0.1) is 0 Å². The van der Waals surface area contributed by atoms with E-state index in [1.165, 1.54) is 46.6 Å². The van der Waals surface area contributed by atoms with Gasteiger partial charge >= 0.3 is 0 Å². The first-order valence-corrected chi connectivity index (χ1v) is 11.2. The van der Waals surface area contributed by atoms with Crippen LogP contribution in [0.5, 0.6) is 0 Å². The summed E-state index contributed by atoms with van der Waals surface area (Å²) in [6.45, 7) is 0. The van der Waals surface area contributed by atoms with E-state index < -0.39 is 0 Å². The Morgan fingerprint density at radius 2 is 1.19 bits per heavy atom. The monoisotopic (exact) mass is 420 g/mol. The average Bonchev–Trinajstić information content (AvgIpc) is 3.35. The molecule has 0 aliphatic rings. The number of hydrogen-bond donors (Lipinski definition) is 0. The lowest BCUT2D eigenvalue weighted by Crippen LogP contribution is -1.91. The number of carbonyl (C=O) groups excluding carboxylic acids is 2. The second-order valence-electron chi connectivity index (χ2n) is 4.84. The summed E-state index contributed by atoms with van der Waals surface area (Å²) in [5.41, 5.74) is 3.01. The van der Waals surface area contributed by atoms with Crippen molar-refractivity contribution in [3.05, 3.63) is 47.5 Å². The molecule has 2 aromatic carbocycles. The van der Waals surface area contributed by atoms with E-state index in [4.69, 9.17) is 0 Å². The molecule has 0 radical (unpaired) electrons. The van der Waals surface area contributed by atoms with Gasteiger partial charge in [-0.2, -0.15) is 0 Å². The summed E-state index contributed by atoms with van der Waals surface area (Å²) in [5.74, 6) is 0. The van der Waals surface area contributed by atoms with Crippen LogP contribution < -0.4 is 0 Å². The molecule has 6 nitrogen and oxygen atoms in total. The molecule has 4 rings (SSSR count). The highest BCUT2D eigenvalue weighted by molar-refractivity contribution is 8.13. The van der Waals surface area contributed by atoms with Crippen LogP contribution in [0.2, 0.25) is 0 Å². The molecule has 2 aromatic heterocycles. The Morgan fingerprint density at radius 1 is 0.769 bits per heavy atom. The predicted molar refractivity (Wildman–Crippen MR) is 111 cm³/mol. The highest BCUT2D eigenvalue weighted by Crippen LogP contribution is 2.24. The topological polar surface area (TPSA) is 85.7 Å². The van der Waals surface area contributed by atoms with Crippen LogP contribution in [-0.4, -0.2) is 41.9 Å². The first-order valence-electron chi connectivity index (χ1n) is 7.24. The molecule has 2 heterocycles. The van der Waals surface area contributed by atoms with Gasteiger partial charge in [-0.05, 0) is 59.8 Å². The van der Waals surface area contributed by atoms with Crippen molar-refractivity contribution in [3.8, 4) is 0 Å². The van der Waals surface area contributed by atoms with E-state index in [9.17, 15) is 9.59 Å². The van der Waals surface area contributed by atoms with Gasteiger partial charge < -0.3 is 0 Å². The molecule has 0 saturated carbocycles. The molecule has 132 valence electrons. The summed E-state index contributed by atoms with van der Waals surface area (Å²) >= 11 is 4.94. The predicted octanol–water partition coefficient (Wildman–Crippen LogP) is 4.39. The largest absolute Gasteiger partial charge is 0.282 e. The van der Waals surface area contributed by atoms with E-state index in [0.717, 1.165) is 20.4 Å². The lowest BCUT2D eigenvalue weighted by atomic mass is 10.2. The highest BCUT2D eigenvalue weighted by Gasteiger charge is 2.11. The zero-order valence-electron chi connectivity index (χ0n) is 13.7. The third-order valence-electron chi connectivity index (χ3n) is 3.36. The fourth-order valence-electron chi connectivity index (χ4n) is 2.15. The normalized spacial score (nSPS) is 10.5. The van der Waals surface area contributed by atoms with Gasteiger partial charge in [-0.15, -0.1) is 10.2 Å².